The monoisotopic (exact) mass is 105 g/mol. The third-order valence-corrected chi connectivity index (χ3v) is 0.276. The fourth-order valence-electron chi connectivity index (χ4n) is 0.0882. The zero-order valence-electron chi connectivity index (χ0n) is 4.27. The molecule has 0 unspecified atom stereocenters. The van der Waals surface area contributed by atoms with Gasteiger partial charge in [0.1, 0.15) is 0 Å². The Morgan fingerprint density at radius 1 is 1.86 bits per heavy atom. The molecule has 0 bridgehead atoms. The number of nitriles is 1. The molecule has 0 saturated carbocycles. The molecule has 0 aliphatic rings. The summed E-state index contributed by atoms with van der Waals surface area (Å²) in [7, 11) is 0. The summed E-state index contributed by atoms with van der Waals surface area (Å²) in [4.78, 5) is 9.71. The van der Waals surface area contributed by atoms with Crippen molar-refractivity contribution >= 4 is 5.78 Å². The molecule has 0 aromatic heterocycles. The molecule has 0 aromatic rings. The smallest absolute Gasteiger partial charge is 0.338 e. The second-order valence-corrected chi connectivity index (χ2v) is 0.874. The Labute approximate surface area is 64.8 Å². The Hall–Kier alpha value is 0.0300. The number of hydrogen-bond donors (Lipinski definition) is 0. The van der Waals surface area contributed by atoms with Crippen LogP contribution < -0.4 is 29.6 Å². The standard InChI is InChI=1S/C4H4NO.Na/c1-4(6)2-3-5;/h1-2H2;/q-1;+1. The van der Waals surface area contributed by atoms with E-state index in [0.29, 0.717) is 0 Å². The van der Waals surface area contributed by atoms with Crippen LogP contribution in [0.4, 0.5) is 0 Å². The van der Waals surface area contributed by atoms with Gasteiger partial charge in [-0.3, -0.25) is 0 Å². The van der Waals surface area contributed by atoms with E-state index in [4.69, 9.17) is 5.26 Å². The molecule has 0 radical (unpaired) electrons. The molecule has 0 rings (SSSR count). The molecular weight excluding hydrogens is 101 g/mol. The van der Waals surface area contributed by atoms with Crippen molar-refractivity contribution in [1.29, 1.82) is 5.26 Å². The number of ketones is 1. The van der Waals surface area contributed by atoms with Crippen LogP contribution in [0.5, 0.6) is 0 Å². The average molecular weight is 105 g/mol. The molecule has 2 nitrogen and oxygen atoms in total. The Morgan fingerprint density at radius 2 is 2.29 bits per heavy atom. The zero-order valence-corrected chi connectivity index (χ0v) is 6.27. The van der Waals surface area contributed by atoms with Crippen LogP contribution in [0.25, 0.3) is 0 Å². The molecule has 3 heteroatoms. The molecule has 0 fully saturated rings. The fraction of sp³-hybridized carbons (Fsp3) is 0.250. The Morgan fingerprint density at radius 3 is 2.29 bits per heavy atom. The molecule has 0 spiro atoms. The summed E-state index contributed by atoms with van der Waals surface area (Å²) >= 11 is 0. The van der Waals surface area contributed by atoms with E-state index < -0.39 is 0 Å². The second kappa shape index (κ2) is 6.03. The molecule has 0 N–H and O–H groups in total. The third-order valence-electron chi connectivity index (χ3n) is 0.276. The van der Waals surface area contributed by atoms with Gasteiger partial charge in [0.15, 0.2) is 0 Å². The summed E-state index contributed by atoms with van der Waals surface area (Å²) < 4.78 is 0. The number of hydrogen-bond acceptors (Lipinski definition) is 2. The fourth-order valence-corrected chi connectivity index (χ4v) is 0.0882. The van der Waals surface area contributed by atoms with E-state index in [1.165, 1.54) is 0 Å². The second-order valence-electron chi connectivity index (χ2n) is 0.874. The van der Waals surface area contributed by atoms with E-state index in [0.717, 1.165) is 0 Å². The van der Waals surface area contributed by atoms with Crippen molar-refractivity contribution in [3.63, 3.8) is 0 Å². The van der Waals surface area contributed by atoms with Crippen LogP contribution in [-0.4, -0.2) is 5.78 Å². The van der Waals surface area contributed by atoms with Crippen molar-refractivity contribution in [2.24, 2.45) is 0 Å². The van der Waals surface area contributed by atoms with E-state index in [2.05, 4.69) is 6.92 Å². The van der Waals surface area contributed by atoms with E-state index in [-0.39, 0.29) is 41.8 Å². The maximum absolute atomic E-state index is 9.71. The van der Waals surface area contributed by atoms with Crippen LogP contribution in [0.2, 0.25) is 0 Å². The Kier molecular flexibility index (Phi) is 8.70. The van der Waals surface area contributed by atoms with Gasteiger partial charge in [-0.2, -0.15) is 5.26 Å². The molecule has 0 aliphatic carbocycles. The van der Waals surface area contributed by atoms with E-state index in [1.54, 1.807) is 6.07 Å². The molecule has 0 saturated heterocycles. The van der Waals surface area contributed by atoms with Crippen molar-refractivity contribution in [3.8, 4) is 6.07 Å². The normalized spacial score (nSPS) is 5.57. The SMILES string of the molecule is [CH2-]C(=O)CC#N.[Na+]. The van der Waals surface area contributed by atoms with Crippen LogP contribution >= 0.6 is 0 Å². The average Bonchev–Trinajstić information content (AvgIpc) is 1.35. The molecule has 0 heterocycles. The van der Waals surface area contributed by atoms with E-state index in [1.807, 2.05) is 0 Å². The Bertz CT molecular complexity index is 94.4. The van der Waals surface area contributed by atoms with Gasteiger partial charge in [0.2, 0.25) is 0 Å². The summed E-state index contributed by atoms with van der Waals surface area (Å²) in [6, 6.07) is 1.66. The van der Waals surface area contributed by atoms with Crippen LogP contribution in [-0.2, 0) is 4.79 Å². The molecule has 32 valence electrons. The van der Waals surface area contributed by atoms with Crippen molar-refractivity contribution < 1.29 is 34.4 Å². The summed E-state index contributed by atoms with van der Waals surface area (Å²) in [6.45, 7) is 2.97. The van der Waals surface area contributed by atoms with E-state index >= 15 is 0 Å². The maximum atomic E-state index is 9.71. The first-order valence-electron chi connectivity index (χ1n) is 1.49. The molecule has 0 amide bonds. The van der Waals surface area contributed by atoms with Crippen LogP contribution in [0.3, 0.4) is 0 Å². The van der Waals surface area contributed by atoms with Crippen molar-refractivity contribution in [2.75, 3.05) is 0 Å². The van der Waals surface area contributed by atoms with Crippen LogP contribution in [0, 0.1) is 18.3 Å². The first-order chi connectivity index (χ1) is 2.77. The van der Waals surface area contributed by atoms with Gasteiger partial charge in [0, 0.05) is 5.78 Å². The minimum absolute atomic E-state index is 0. The molecule has 0 aromatic carbocycles. The largest absolute Gasteiger partial charge is 1.00 e. The number of carbonyl (C=O) groups is 1. The molecule has 0 aliphatic heterocycles. The molecule has 7 heavy (non-hydrogen) atoms. The topological polar surface area (TPSA) is 40.9 Å². The van der Waals surface area contributed by atoms with Crippen molar-refractivity contribution in [1.82, 2.24) is 0 Å². The van der Waals surface area contributed by atoms with Gasteiger partial charge < -0.3 is 11.7 Å². The minimum Gasteiger partial charge on any atom is -0.338 e. The van der Waals surface area contributed by atoms with Crippen LogP contribution in [0.1, 0.15) is 6.42 Å². The van der Waals surface area contributed by atoms with E-state index in [9.17, 15) is 4.79 Å². The van der Waals surface area contributed by atoms with Gasteiger partial charge in [-0.25, -0.2) is 0 Å². The van der Waals surface area contributed by atoms with Gasteiger partial charge in [-0.05, 0) is 0 Å². The predicted octanol–water partition coefficient (Wildman–Crippen LogP) is -2.69. The maximum Gasteiger partial charge on any atom is 1.00 e. The quantitative estimate of drug-likeness (QED) is 0.269. The number of Topliss-reactive ketones (excluding diaryl/α,β-unsaturated/α-hetero) is 1. The van der Waals surface area contributed by atoms with Crippen molar-refractivity contribution in [2.45, 2.75) is 6.42 Å². The predicted molar refractivity (Wildman–Crippen MR) is 20.6 cm³/mol. The van der Waals surface area contributed by atoms with Gasteiger partial charge in [0.05, 0.1) is 12.5 Å². The van der Waals surface area contributed by atoms with Crippen molar-refractivity contribution in [3.05, 3.63) is 6.92 Å². The Balaban J connectivity index is 0. The molecular formula is C4H4NNaO. The van der Waals surface area contributed by atoms with Gasteiger partial charge in [0.25, 0.3) is 0 Å². The van der Waals surface area contributed by atoms with Gasteiger partial charge in [-0.15, -0.1) is 0 Å². The number of nitrogens with zero attached hydrogens (tertiary/aromatic N) is 1. The summed E-state index contributed by atoms with van der Waals surface area (Å²) in [5.74, 6) is -0.322. The first kappa shape index (κ1) is 10.1. The number of rotatable bonds is 1. The zero-order chi connectivity index (χ0) is 4.99. The minimum atomic E-state index is -0.322. The number of carbonyl (C=O) groups excluding carboxylic acids is 1. The summed E-state index contributed by atoms with van der Waals surface area (Å²) in [5.41, 5.74) is 0. The first-order valence-corrected chi connectivity index (χ1v) is 1.49. The third kappa shape index (κ3) is 10.7. The summed E-state index contributed by atoms with van der Waals surface area (Å²) in [5, 5.41) is 7.73. The molecule has 0 atom stereocenters. The van der Waals surface area contributed by atoms with Gasteiger partial charge >= 0.3 is 29.6 Å². The van der Waals surface area contributed by atoms with Crippen LogP contribution in [0.15, 0.2) is 0 Å². The summed E-state index contributed by atoms with van der Waals surface area (Å²) in [6.07, 6.45) is -0.0694. The van der Waals surface area contributed by atoms with Gasteiger partial charge in [-0.1, -0.05) is 0 Å².